The molecule has 2 fully saturated rings. The highest BCUT2D eigenvalue weighted by Crippen LogP contribution is 2.25. The Balaban J connectivity index is 1.50. The van der Waals surface area contributed by atoms with E-state index in [2.05, 4.69) is 12.2 Å². The molecular weight excluding hydrogens is 360 g/mol. The number of benzene rings is 1. The summed E-state index contributed by atoms with van der Waals surface area (Å²) >= 11 is 0. The van der Waals surface area contributed by atoms with Gasteiger partial charge in [0.15, 0.2) is 0 Å². The van der Waals surface area contributed by atoms with E-state index in [0.29, 0.717) is 31.8 Å². The Bertz CT molecular complexity index is 753. The Hall–Kier alpha value is -1.66. The average Bonchev–Trinajstić information content (AvgIpc) is 2.67. The molecule has 1 aliphatic carbocycles. The molecule has 1 aromatic rings. The number of piperidine rings is 1. The van der Waals surface area contributed by atoms with Crippen LogP contribution in [0.2, 0.25) is 0 Å². The third-order valence-electron chi connectivity index (χ3n) is 5.70. The fraction of sp³-hybridized carbons (Fsp3) is 0.571. The molecule has 2 aliphatic rings. The third-order valence-corrected chi connectivity index (χ3v) is 7.26. The van der Waals surface area contributed by atoms with Crippen molar-refractivity contribution in [1.82, 2.24) is 9.62 Å². The Kier molecular flexibility index (Phi) is 6.71. The van der Waals surface area contributed by atoms with E-state index in [0.717, 1.165) is 18.4 Å². The molecule has 1 amide bonds. The van der Waals surface area contributed by atoms with Gasteiger partial charge in [-0.3, -0.25) is 4.79 Å². The van der Waals surface area contributed by atoms with Crippen LogP contribution in [0.15, 0.2) is 35.7 Å². The van der Waals surface area contributed by atoms with Crippen molar-refractivity contribution in [3.63, 3.8) is 0 Å². The summed E-state index contributed by atoms with van der Waals surface area (Å²) in [6.07, 6.45) is 7.35. The minimum atomic E-state index is -3.44. The number of nitrogens with one attached hydrogen (secondary N) is 1. The highest BCUT2D eigenvalue weighted by molar-refractivity contribution is 7.92. The molecule has 0 radical (unpaired) electrons. The van der Waals surface area contributed by atoms with Crippen LogP contribution >= 0.6 is 0 Å². The molecule has 3 rings (SSSR count). The first-order valence-corrected chi connectivity index (χ1v) is 11.5. The van der Waals surface area contributed by atoms with Crippen LogP contribution in [0.25, 0.3) is 6.08 Å². The van der Waals surface area contributed by atoms with Gasteiger partial charge in [-0.05, 0) is 43.2 Å². The number of hydrogen-bond donors (Lipinski definition) is 1. The van der Waals surface area contributed by atoms with Gasteiger partial charge in [0.05, 0.1) is 0 Å². The molecule has 1 aromatic carbocycles. The summed E-state index contributed by atoms with van der Waals surface area (Å²) in [4.78, 5) is 12.5. The fourth-order valence-electron chi connectivity index (χ4n) is 4.07. The summed E-state index contributed by atoms with van der Waals surface area (Å²) < 4.78 is 26.5. The molecule has 27 heavy (non-hydrogen) atoms. The summed E-state index contributed by atoms with van der Waals surface area (Å²) in [5.74, 6) is 0.699. The first-order chi connectivity index (χ1) is 12.9. The molecule has 1 aliphatic heterocycles. The van der Waals surface area contributed by atoms with Gasteiger partial charge in [0.1, 0.15) is 0 Å². The van der Waals surface area contributed by atoms with Crippen LogP contribution in [0.3, 0.4) is 0 Å². The second kappa shape index (κ2) is 9.02. The summed E-state index contributed by atoms with van der Waals surface area (Å²) in [6, 6.07) is 9.68. The third kappa shape index (κ3) is 5.66. The number of rotatable bonds is 5. The zero-order valence-corrected chi connectivity index (χ0v) is 16.8. The first-order valence-electron chi connectivity index (χ1n) is 9.98. The lowest BCUT2D eigenvalue weighted by Crippen LogP contribution is -2.45. The SMILES string of the molecule is CC1CCCC(NC(=O)C2CCN(S(=O)(=O)/C=C/c3ccccc3)CC2)C1. The van der Waals surface area contributed by atoms with Crippen LogP contribution in [0, 0.1) is 11.8 Å². The van der Waals surface area contributed by atoms with Crippen LogP contribution in [-0.2, 0) is 14.8 Å². The Morgan fingerprint density at radius 2 is 1.81 bits per heavy atom. The molecule has 2 unspecified atom stereocenters. The molecule has 1 saturated carbocycles. The average molecular weight is 391 g/mol. The standard InChI is InChI=1S/C21H30N2O3S/c1-17-6-5-9-20(16-17)22-21(24)19-10-13-23(14-11-19)27(25,26)15-12-18-7-3-2-4-8-18/h2-4,7-8,12,15,17,19-20H,5-6,9-11,13-14,16H2,1H3,(H,22,24)/b15-12+. The lowest BCUT2D eigenvalue weighted by atomic mass is 9.86. The van der Waals surface area contributed by atoms with Gasteiger partial charge >= 0.3 is 0 Å². The Morgan fingerprint density at radius 3 is 2.48 bits per heavy atom. The lowest BCUT2D eigenvalue weighted by Gasteiger charge is -2.32. The van der Waals surface area contributed by atoms with Gasteiger partial charge in [-0.1, -0.05) is 50.1 Å². The second-order valence-corrected chi connectivity index (χ2v) is 9.73. The maximum absolute atomic E-state index is 12.5. The highest BCUT2D eigenvalue weighted by Gasteiger charge is 2.31. The number of nitrogens with zero attached hydrogens (tertiary/aromatic N) is 1. The molecular formula is C21H30N2O3S. The van der Waals surface area contributed by atoms with Crippen molar-refractivity contribution in [2.45, 2.75) is 51.5 Å². The largest absolute Gasteiger partial charge is 0.353 e. The molecule has 1 heterocycles. The molecule has 2 atom stereocenters. The van der Waals surface area contributed by atoms with Crippen LogP contribution in [0.4, 0.5) is 0 Å². The first kappa shape index (κ1) is 20.1. The summed E-state index contributed by atoms with van der Waals surface area (Å²) in [5, 5.41) is 4.47. The minimum Gasteiger partial charge on any atom is -0.353 e. The topological polar surface area (TPSA) is 66.5 Å². The van der Waals surface area contributed by atoms with Crippen LogP contribution in [-0.4, -0.2) is 37.8 Å². The van der Waals surface area contributed by atoms with Crippen molar-refractivity contribution in [2.75, 3.05) is 13.1 Å². The van der Waals surface area contributed by atoms with Crippen LogP contribution < -0.4 is 5.32 Å². The quantitative estimate of drug-likeness (QED) is 0.838. The van der Waals surface area contributed by atoms with E-state index in [4.69, 9.17) is 0 Å². The van der Waals surface area contributed by atoms with E-state index >= 15 is 0 Å². The van der Waals surface area contributed by atoms with E-state index in [1.807, 2.05) is 30.3 Å². The molecule has 6 heteroatoms. The molecule has 1 N–H and O–H groups in total. The predicted octanol–water partition coefficient (Wildman–Crippen LogP) is 3.39. The predicted molar refractivity (Wildman–Crippen MR) is 108 cm³/mol. The van der Waals surface area contributed by atoms with Crippen molar-refractivity contribution >= 4 is 22.0 Å². The normalized spacial score (nSPS) is 25.5. The van der Waals surface area contributed by atoms with E-state index in [1.165, 1.54) is 22.6 Å². The summed E-state index contributed by atoms with van der Waals surface area (Å²) in [5.41, 5.74) is 0.858. The molecule has 1 saturated heterocycles. The highest BCUT2D eigenvalue weighted by atomic mass is 32.2. The molecule has 5 nitrogen and oxygen atoms in total. The van der Waals surface area contributed by atoms with E-state index in [9.17, 15) is 13.2 Å². The lowest BCUT2D eigenvalue weighted by molar-refractivity contribution is -0.127. The summed E-state index contributed by atoms with van der Waals surface area (Å²) in [6.45, 7) is 3.05. The van der Waals surface area contributed by atoms with Crippen molar-refractivity contribution in [3.05, 3.63) is 41.3 Å². The number of carbonyl (C=O) groups excluding carboxylic acids is 1. The van der Waals surface area contributed by atoms with Gasteiger partial charge < -0.3 is 5.32 Å². The molecule has 148 valence electrons. The van der Waals surface area contributed by atoms with Crippen molar-refractivity contribution < 1.29 is 13.2 Å². The van der Waals surface area contributed by atoms with Crippen molar-refractivity contribution in [1.29, 1.82) is 0 Å². The number of amides is 1. The van der Waals surface area contributed by atoms with E-state index < -0.39 is 10.0 Å². The molecule has 0 aromatic heterocycles. The van der Waals surface area contributed by atoms with Crippen molar-refractivity contribution in [3.8, 4) is 0 Å². The van der Waals surface area contributed by atoms with Gasteiger partial charge in [0.2, 0.25) is 15.9 Å². The number of sulfonamides is 1. The van der Waals surface area contributed by atoms with Gasteiger partial charge in [0.25, 0.3) is 0 Å². The van der Waals surface area contributed by atoms with E-state index in [-0.39, 0.29) is 17.9 Å². The Labute approximate surface area is 162 Å². The molecule has 0 spiro atoms. The van der Waals surface area contributed by atoms with Crippen molar-refractivity contribution in [2.24, 2.45) is 11.8 Å². The fourth-order valence-corrected chi connectivity index (χ4v) is 5.29. The smallest absolute Gasteiger partial charge is 0.236 e. The van der Waals surface area contributed by atoms with Gasteiger partial charge in [0, 0.05) is 30.5 Å². The maximum Gasteiger partial charge on any atom is 0.236 e. The zero-order chi connectivity index (χ0) is 19.3. The monoisotopic (exact) mass is 390 g/mol. The summed E-state index contributed by atoms with van der Waals surface area (Å²) in [7, 11) is -3.44. The van der Waals surface area contributed by atoms with Crippen LogP contribution in [0.5, 0.6) is 0 Å². The molecule has 0 bridgehead atoms. The number of carbonyl (C=O) groups is 1. The second-order valence-electron chi connectivity index (χ2n) is 7.91. The van der Waals surface area contributed by atoms with Gasteiger partial charge in [-0.25, -0.2) is 8.42 Å². The number of hydrogen-bond acceptors (Lipinski definition) is 3. The maximum atomic E-state index is 12.5. The van der Waals surface area contributed by atoms with E-state index in [1.54, 1.807) is 6.08 Å². The zero-order valence-electron chi connectivity index (χ0n) is 16.0. The Morgan fingerprint density at radius 1 is 1.11 bits per heavy atom. The minimum absolute atomic E-state index is 0.0771. The van der Waals surface area contributed by atoms with Gasteiger partial charge in [-0.15, -0.1) is 0 Å². The van der Waals surface area contributed by atoms with Gasteiger partial charge in [-0.2, -0.15) is 4.31 Å². The van der Waals surface area contributed by atoms with Crippen LogP contribution in [0.1, 0.15) is 51.0 Å².